The van der Waals surface area contributed by atoms with E-state index >= 15 is 4.39 Å². The second kappa shape index (κ2) is 7.16. The van der Waals surface area contributed by atoms with Crippen molar-refractivity contribution in [3.8, 4) is 33.9 Å². The molecule has 0 spiro atoms. The highest BCUT2D eigenvalue weighted by Crippen LogP contribution is 2.34. The maximum absolute atomic E-state index is 15.6. The average molecular weight is 440 g/mol. The van der Waals surface area contributed by atoms with Crippen LogP contribution in [0.15, 0.2) is 61.2 Å². The van der Waals surface area contributed by atoms with Crippen LogP contribution in [0.5, 0.6) is 0 Å². The Labute approximate surface area is 184 Å². The van der Waals surface area contributed by atoms with Crippen molar-refractivity contribution in [2.75, 3.05) is 5.73 Å². The van der Waals surface area contributed by atoms with Crippen molar-refractivity contribution in [1.82, 2.24) is 35.1 Å². The van der Waals surface area contributed by atoms with E-state index in [2.05, 4.69) is 35.1 Å². The lowest BCUT2D eigenvalue weighted by Gasteiger charge is -2.04. The highest BCUT2D eigenvalue weighted by molar-refractivity contribution is 5.97. The summed E-state index contributed by atoms with van der Waals surface area (Å²) >= 11 is 0. The van der Waals surface area contributed by atoms with Gasteiger partial charge < -0.3 is 10.7 Å². The van der Waals surface area contributed by atoms with Crippen LogP contribution < -0.4 is 5.73 Å². The molecule has 0 saturated carbocycles. The Bertz CT molecular complexity index is 1650. The highest BCUT2D eigenvalue weighted by atomic mass is 19.1. The summed E-state index contributed by atoms with van der Waals surface area (Å²) < 4.78 is 29.0. The van der Waals surface area contributed by atoms with Gasteiger partial charge in [0, 0.05) is 29.7 Å². The van der Waals surface area contributed by atoms with Gasteiger partial charge in [-0.15, -0.1) is 0 Å². The molecule has 0 saturated heterocycles. The maximum Gasteiger partial charge on any atom is 0.178 e. The minimum absolute atomic E-state index is 0.103. The van der Waals surface area contributed by atoms with Gasteiger partial charge in [0.2, 0.25) is 0 Å². The van der Waals surface area contributed by atoms with E-state index in [0.29, 0.717) is 33.8 Å². The number of nitrogens with one attached hydrogen (secondary N) is 2. The number of benzene rings is 1. The van der Waals surface area contributed by atoms with E-state index < -0.39 is 5.82 Å². The van der Waals surface area contributed by atoms with E-state index in [-0.39, 0.29) is 22.6 Å². The van der Waals surface area contributed by atoms with Gasteiger partial charge in [-0.1, -0.05) is 12.1 Å². The van der Waals surface area contributed by atoms with Crippen molar-refractivity contribution in [2.24, 2.45) is 0 Å². The molecule has 0 aliphatic rings. The lowest BCUT2D eigenvalue weighted by atomic mass is 10.1. The molecule has 8 nitrogen and oxygen atoms in total. The number of rotatable bonds is 3. The van der Waals surface area contributed by atoms with Crippen molar-refractivity contribution in [2.45, 2.75) is 0 Å². The summed E-state index contributed by atoms with van der Waals surface area (Å²) in [4.78, 5) is 20.3. The van der Waals surface area contributed by atoms with Gasteiger partial charge >= 0.3 is 0 Å². The van der Waals surface area contributed by atoms with Crippen LogP contribution in [0.4, 0.5) is 14.5 Å². The number of aromatic nitrogens is 7. The number of fused-ring (bicyclic) bond motifs is 2. The van der Waals surface area contributed by atoms with Crippen LogP contribution in [0.2, 0.25) is 0 Å². The van der Waals surface area contributed by atoms with Crippen LogP contribution in [0, 0.1) is 11.6 Å². The molecule has 0 aliphatic heterocycles. The largest absolute Gasteiger partial charge is 0.397 e. The summed E-state index contributed by atoms with van der Waals surface area (Å²) in [5.41, 5.74) is 10.1. The molecule has 0 bridgehead atoms. The van der Waals surface area contributed by atoms with Gasteiger partial charge in [0.25, 0.3) is 0 Å². The van der Waals surface area contributed by atoms with Crippen LogP contribution in [0.25, 0.3) is 56.0 Å². The zero-order valence-electron chi connectivity index (χ0n) is 16.8. The van der Waals surface area contributed by atoms with Gasteiger partial charge in [0.05, 0.1) is 28.3 Å². The van der Waals surface area contributed by atoms with E-state index in [0.717, 1.165) is 11.1 Å². The van der Waals surface area contributed by atoms with Crippen LogP contribution in [-0.4, -0.2) is 35.1 Å². The molecule has 0 aliphatic carbocycles. The Morgan fingerprint density at radius 3 is 2.55 bits per heavy atom. The third-order valence-electron chi connectivity index (χ3n) is 5.35. The number of H-pyrrole nitrogens is 2. The number of aromatic amines is 2. The Hall–Kier alpha value is -4.73. The Balaban J connectivity index is 1.54. The lowest BCUT2D eigenvalue weighted by molar-refractivity contribution is 0.628. The fourth-order valence-corrected chi connectivity index (χ4v) is 3.83. The molecule has 0 radical (unpaired) electrons. The molecule has 10 heteroatoms. The second-order valence-electron chi connectivity index (χ2n) is 7.44. The van der Waals surface area contributed by atoms with Crippen molar-refractivity contribution in [3.63, 3.8) is 0 Å². The first-order chi connectivity index (χ1) is 16.1. The van der Waals surface area contributed by atoms with Crippen molar-refractivity contribution in [3.05, 3.63) is 72.8 Å². The first kappa shape index (κ1) is 19.0. The van der Waals surface area contributed by atoms with Crippen LogP contribution in [-0.2, 0) is 0 Å². The number of anilines is 1. The molecule has 1 aromatic carbocycles. The summed E-state index contributed by atoms with van der Waals surface area (Å²) in [6.07, 6.45) is 6.08. The molecule has 6 aromatic rings. The molecule has 4 N–H and O–H groups in total. The maximum atomic E-state index is 15.6. The second-order valence-corrected chi connectivity index (χ2v) is 7.44. The lowest BCUT2D eigenvalue weighted by Crippen LogP contribution is -1.94. The Morgan fingerprint density at radius 2 is 1.73 bits per heavy atom. The molecule has 6 rings (SSSR count). The van der Waals surface area contributed by atoms with E-state index in [1.807, 2.05) is 0 Å². The van der Waals surface area contributed by atoms with Crippen LogP contribution >= 0.6 is 0 Å². The number of nitrogens with zero attached hydrogens (tertiary/aromatic N) is 5. The number of hydrogen-bond acceptors (Lipinski definition) is 6. The van der Waals surface area contributed by atoms with E-state index in [1.165, 1.54) is 30.7 Å². The number of nitrogens with two attached hydrogens (primary N) is 1. The monoisotopic (exact) mass is 440 g/mol. The molecule has 160 valence electrons. The Morgan fingerprint density at radius 1 is 0.879 bits per heavy atom. The highest BCUT2D eigenvalue weighted by Gasteiger charge is 2.21. The number of imidazole rings is 1. The van der Waals surface area contributed by atoms with Crippen molar-refractivity contribution < 1.29 is 8.78 Å². The normalized spacial score (nSPS) is 11.5. The van der Waals surface area contributed by atoms with Crippen molar-refractivity contribution in [1.29, 1.82) is 0 Å². The summed E-state index contributed by atoms with van der Waals surface area (Å²) in [7, 11) is 0. The van der Waals surface area contributed by atoms with Gasteiger partial charge in [0.1, 0.15) is 17.2 Å². The zero-order chi connectivity index (χ0) is 22.5. The molecule has 0 fully saturated rings. The van der Waals surface area contributed by atoms with Crippen molar-refractivity contribution >= 4 is 27.8 Å². The van der Waals surface area contributed by atoms with Gasteiger partial charge in [0.15, 0.2) is 17.3 Å². The van der Waals surface area contributed by atoms with Gasteiger partial charge in [-0.05, 0) is 29.8 Å². The Kier molecular flexibility index (Phi) is 4.12. The first-order valence-corrected chi connectivity index (χ1v) is 9.93. The molecule has 0 atom stereocenters. The first-order valence-electron chi connectivity index (χ1n) is 9.93. The van der Waals surface area contributed by atoms with Crippen LogP contribution in [0.1, 0.15) is 0 Å². The van der Waals surface area contributed by atoms with Gasteiger partial charge in [-0.3, -0.25) is 15.1 Å². The smallest absolute Gasteiger partial charge is 0.178 e. The fraction of sp³-hybridized carbons (Fsp3) is 0. The number of nitrogen functional groups attached to an aromatic ring is 1. The SMILES string of the molecule is Nc1cncc(-c2ncc3[nH]nc(-c4nc5nccc(-c6ccc(F)cc6)c5[nH]4)c3c2F)c1. The van der Waals surface area contributed by atoms with E-state index in [1.54, 1.807) is 30.5 Å². The molecule has 5 aromatic heterocycles. The predicted octanol–water partition coefficient (Wildman–Crippen LogP) is 4.49. The molecule has 0 unspecified atom stereocenters. The third-order valence-corrected chi connectivity index (χ3v) is 5.35. The number of hydrogen-bond donors (Lipinski definition) is 3. The molecule has 5 heterocycles. The summed E-state index contributed by atoms with van der Waals surface area (Å²) in [5, 5.41) is 7.30. The molecule has 33 heavy (non-hydrogen) atoms. The van der Waals surface area contributed by atoms with Gasteiger partial charge in [-0.25, -0.2) is 18.7 Å². The minimum atomic E-state index is -0.573. The fourth-order valence-electron chi connectivity index (χ4n) is 3.83. The topological polar surface area (TPSA) is 122 Å². The summed E-state index contributed by atoms with van der Waals surface area (Å²) in [6, 6.07) is 9.52. The standard InChI is InChI=1S/C23H14F2N8/c24-13-3-1-11(2-4-13)15-5-6-28-22-20(15)30-23(31-22)21-17-16(32-33-21)10-29-19(18(17)25)12-7-14(26)9-27-8-12/h1-10H,26H2,(H,32,33)(H,28,30,31). The number of halogens is 2. The van der Waals surface area contributed by atoms with Gasteiger partial charge in [-0.2, -0.15) is 5.10 Å². The number of pyridine rings is 3. The predicted molar refractivity (Wildman–Crippen MR) is 120 cm³/mol. The van der Waals surface area contributed by atoms with Crippen LogP contribution in [0.3, 0.4) is 0 Å². The summed E-state index contributed by atoms with van der Waals surface area (Å²) in [5.74, 6) is -0.566. The molecule has 0 amide bonds. The summed E-state index contributed by atoms with van der Waals surface area (Å²) in [6.45, 7) is 0. The zero-order valence-corrected chi connectivity index (χ0v) is 16.8. The van der Waals surface area contributed by atoms with E-state index in [4.69, 9.17) is 5.73 Å². The molecular weight excluding hydrogens is 426 g/mol. The quantitative estimate of drug-likeness (QED) is 0.373. The van der Waals surface area contributed by atoms with E-state index in [9.17, 15) is 4.39 Å². The average Bonchev–Trinajstić information content (AvgIpc) is 3.44. The minimum Gasteiger partial charge on any atom is -0.397 e. The molecular formula is C23H14F2N8. The third kappa shape index (κ3) is 3.07.